The first kappa shape index (κ1) is 14.0. The Morgan fingerprint density at radius 1 is 1.06 bits per heavy atom. The van der Waals surface area contributed by atoms with E-state index in [0.29, 0.717) is 5.78 Å². The van der Waals surface area contributed by atoms with Crippen LogP contribution in [0.15, 0.2) is 0 Å². The van der Waals surface area contributed by atoms with Crippen LogP contribution >= 0.6 is 0 Å². The minimum Gasteiger partial charge on any atom is -0.298 e. The van der Waals surface area contributed by atoms with Gasteiger partial charge in [0.1, 0.15) is 0 Å². The van der Waals surface area contributed by atoms with Gasteiger partial charge in [-0.1, -0.05) is 33.6 Å². The molecule has 2 heteroatoms. The van der Waals surface area contributed by atoms with Crippen molar-refractivity contribution in [3.8, 4) is 0 Å². The first-order valence-corrected chi connectivity index (χ1v) is 7.72. The van der Waals surface area contributed by atoms with E-state index in [1.54, 1.807) is 0 Å². The molecule has 1 aliphatic heterocycles. The summed E-state index contributed by atoms with van der Waals surface area (Å²) in [7, 11) is 0. The molecule has 104 valence electrons. The average molecular weight is 251 g/mol. The monoisotopic (exact) mass is 251 g/mol. The summed E-state index contributed by atoms with van der Waals surface area (Å²) in [5.74, 6) is 0.539. The maximum absolute atomic E-state index is 12.8. The van der Waals surface area contributed by atoms with Crippen molar-refractivity contribution in [1.82, 2.24) is 4.90 Å². The van der Waals surface area contributed by atoms with E-state index in [-0.39, 0.29) is 11.0 Å². The van der Waals surface area contributed by atoms with Crippen LogP contribution in [0.4, 0.5) is 0 Å². The van der Waals surface area contributed by atoms with Gasteiger partial charge in [0.05, 0.1) is 5.54 Å². The Hall–Kier alpha value is -0.370. The number of hydrogen-bond donors (Lipinski definition) is 0. The lowest BCUT2D eigenvalue weighted by molar-refractivity contribution is -0.131. The van der Waals surface area contributed by atoms with Crippen LogP contribution in [0.5, 0.6) is 0 Å². The number of hydrogen-bond acceptors (Lipinski definition) is 2. The zero-order valence-corrected chi connectivity index (χ0v) is 12.4. The van der Waals surface area contributed by atoms with Crippen LogP contribution in [0, 0.1) is 5.41 Å². The standard InChI is InChI=1S/C16H29NO/c1-15(2,3)11-8-14(18)16(9-4-5-10-16)17-12-6-7-13-17/h4-13H2,1-3H3. The van der Waals surface area contributed by atoms with Crippen LogP contribution in [0.1, 0.15) is 72.1 Å². The van der Waals surface area contributed by atoms with Gasteiger partial charge in [0.2, 0.25) is 0 Å². The van der Waals surface area contributed by atoms with Crippen LogP contribution in [0.2, 0.25) is 0 Å². The molecule has 0 unspecified atom stereocenters. The van der Waals surface area contributed by atoms with Gasteiger partial charge in [0.25, 0.3) is 0 Å². The number of rotatable bonds is 4. The van der Waals surface area contributed by atoms with E-state index in [2.05, 4.69) is 25.7 Å². The van der Waals surface area contributed by atoms with Crippen LogP contribution in [-0.4, -0.2) is 29.3 Å². The van der Waals surface area contributed by atoms with Gasteiger partial charge in [-0.25, -0.2) is 0 Å². The number of carbonyl (C=O) groups is 1. The lowest BCUT2D eigenvalue weighted by Crippen LogP contribution is -2.51. The Morgan fingerprint density at radius 2 is 1.61 bits per heavy atom. The van der Waals surface area contributed by atoms with Gasteiger partial charge in [0.15, 0.2) is 5.78 Å². The summed E-state index contributed by atoms with van der Waals surface area (Å²) in [6.07, 6.45) is 9.12. The molecule has 1 aliphatic carbocycles. The second kappa shape index (κ2) is 5.32. The van der Waals surface area contributed by atoms with Crippen molar-refractivity contribution < 1.29 is 4.79 Å². The Kier molecular flexibility index (Phi) is 4.15. The Balaban J connectivity index is 2.02. The first-order chi connectivity index (χ1) is 8.44. The molecule has 2 aliphatic rings. The summed E-state index contributed by atoms with van der Waals surface area (Å²) in [6, 6.07) is 0. The highest BCUT2D eigenvalue weighted by molar-refractivity contribution is 5.88. The summed E-state index contributed by atoms with van der Waals surface area (Å²) >= 11 is 0. The predicted molar refractivity (Wildman–Crippen MR) is 75.7 cm³/mol. The smallest absolute Gasteiger partial charge is 0.153 e. The minimum absolute atomic E-state index is 0.0538. The normalized spacial score (nSPS) is 24.6. The fourth-order valence-electron chi connectivity index (χ4n) is 3.60. The average Bonchev–Trinajstić information content (AvgIpc) is 2.95. The minimum atomic E-state index is -0.0538. The maximum atomic E-state index is 12.8. The molecule has 0 bridgehead atoms. The number of nitrogens with zero attached hydrogens (tertiary/aromatic N) is 1. The third-order valence-electron chi connectivity index (χ3n) is 4.76. The molecular weight excluding hydrogens is 222 g/mol. The molecule has 2 rings (SSSR count). The van der Waals surface area contributed by atoms with Gasteiger partial charge >= 0.3 is 0 Å². The van der Waals surface area contributed by atoms with Gasteiger partial charge in [-0.05, 0) is 50.6 Å². The van der Waals surface area contributed by atoms with Crippen molar-refractivity contribution in [1.29, 1.82) is 0 Å². The Labute approximate surface area is 112 Å². The quantitative estimate of drug-likeness (QED) is 0.757. The van der Waals surface area contributed by atoms with E-state index in [9.17, 15) is 4.79 Å². The zero-order valence-electron chi connectivity index (χ0n) is 12.4. The second-order valence-corrected chi connectivity index (χ2v) is 7.42. The van der Waals surface area contributed by atoms with Crippen LogP contribution in [0.3, 0.4) is 0 Å². The van der Waals surface area contributed by atoms with E-state index in [1.807, 2.05) is 0 Å². The largest absolute Gasteiger partial charge is 0.298 e. The van der Waals surface area contributed by atoms with Gasteiger partial charge < -0.3 is 0 Å². The van der Waals surface area contributed by atoms with E-state index >= 15 is 0 Å². The molecule has 2 fully saturated rings. The fraction of sp³-hybridized carbons (Fsp3) is 0.938. The molecule has 18 heavy (non-hydrogen) atoms. The third kappa shape index (κ3) is 2.96. The predicted octanol–water partition coefficient (Wildman–Crippen LogP) is 3.79. The molecule has 0 radical (unpaired) electrons. The molecule has 0 aromatic carbocycles. The van der Waals surface area contributed by atoms with E-state index < -0.39 is 0 Å². The lowest BCUT2D eigenvalue weighted by atomic mass is 9.82. The van der Waals surface area contributed by atoms with E-state index in [4.69, 9.17) is 0 Å². The number of likely N-dealkylation sites (tertiary alicyclic amines) is 1. The highest BCUT2D eigenvalue weighted by atomic mass is 16.1. The number of carbonyl (C=O) groups excluding carboxylic acids is 1. The number of ketones is 1. The second-order valence-electron chi connectivity index (χ2n) is 7.42. The molecule has 0 N–H and O–H groups in total. The maximum Gasteiger partial charge on any atom is 0.153 e. The summed E-state index contributed by atoms with van der Waals surface area (Å²) in [5, 5.41) is 0. The van der Waals surface area contributed by atoms with Crippen LogP contribution in [-0.2, 0) is 4.79 Å². The van der Waals surface area contributed by atoms with E-state index in [0.717, 1.165) is 38.8 Å². The highest BCUT2D eigenvalue weighted by Gasteiger charge is 2.45. The summed E-state index contributed by atoms with van der Waals surface area (Å²) in [5.41, 5.74) is 0.224. The summed E-state index contributed by atoms with van der Waals surface area (Å²) in [6.45, 7) is 9.01. The fourth-order valence-corrected chi connectivity index (χ4v) is 3.60. The molecule has 0 atom stereocenters. The molecule has 0 amide bonds. The van der Waals surface area contributed by atoms with Crippen molar-refractivity contribution in [3.05, 3.63) is 0 Å². The molecular formula is C16H29NO. The molecule has 0 aromatic rings. The Morgan fingerprint density at radius 3 is 2.11 bits per heavy atom. The molecule has 1 saturated carbocycles. The SMILES string of the molecule is CC(C)(C)CCC(=O)C1(N2CCCC2)CCCC1. The van der Waals surface area contributed by atoms with Gasteiger partial charge in [-0.3, -0.25) is 9.69 Å². The van der Waals surface area contributed by atoms with Crippen molar-refractivity contribution in [3.63, 3.8) is 0 Å². The molecule has 1 heterocycles. The highest BCUT2D eigenvalue weighted by Crippen LogP contribution is 2.39. The van der Waals surface area contributed by atoms with Crippen molar-refractivity contribution in [2.45, 2.75) is 77.7 Å². The molecule has 1 saturated heterocycles. The van der Waals surface area contributed by atoms with Crippen molar-refractivity contribution in [2.75, 3.05) is 13.1 Å². The van der Waals surface area contributed by atoms with Crippen molar-refractivity contribution >= 4 is 5.78 Å². The molecule has 2 nitrogen and oxygen atoms in total. The van der Waals surface area contributed by atoms with Crippen molar-refractivity contribution in [2.24, 2.45) is 5.41 Å². The molecule has 0 spiro atoms. The number of Topliss-reactive ketones (excluding diaryl/α,β-unsaturated/α-hetero) is 1. The van der Waals surface area contributed by atoms with E-state index in [1.165, 1.54) is 25.7 Å². The third-order valence-corrected chi connectivity index (χ3v) is 4.76. The molecule has 0 aromatic heterocycles. The van der Waals surface area contributed by atoms with Gasteiger partial charge in [-0.2, -0.15) is 0 Å². The summed E-state index contributed by atoms with van der Waals surface area (Å²) in [4.78, 5) is 15.3. The lowest BCUT2D eigenvalue weighted by Gasteiger charge is -2.38. The van der Waals surface area contributed by atoms with Crippen LogP contribution in [0.25, 0.3) is 0 Å². The van der Waals surface area contributed by atoms with Gasteiger partial charge in [-0.15, -0.1) is 0 Å². The topological polar surface area (TPSA) is 20.3 Å². The summed E-state index contributed by atoms with van der Waals surface area (Å²) < 4.78 is 0. The first-order valence-electron chi connectivity index (χ1n) is 7.72. The zero-order chi connectivity index (χ0) is 13.2. The Bertz CT molecular complexity index is 291. The van der Waals surface area contributed by atoms with Gasteiger partial charge in [0, 0.05) is 6.42 Å². The van der Waals surface area contributed by atoms with Crippen LogP contribution < -0.4 is 0 Å².